The maximum absolute atomic E-state index is 13.4. The number of halogens is 1. The summed E-state index contributed by atoms with van der Waals surface area (Å²) in [6, 6.07) is 6.69. The first-order valence-electron chi connectivity index (χ1n) is 10.7. The third-order valence-corrected chi connectivity index (χ3v) is 7.08. The van der Waals surface area contributed by atoms with E-state index in [1.165, 1.54) is 17.7 Å². The smallest absolute Gasteiger partial charge is 0.226 e. The van der Waals surface area contributed by atoms with Crippen molar-refractivity contribution >= 4 is 12.0 Å². The van der Waals surface area contributed by atoms with Crippen LogP contribution in [0.3, 0.4) is 0 Å². The largest absolute Gasteiger partial charge is 0.340 e. The van der Waals surface area contributed by atoms with E-state index in [0.29, 0.717) is 5.91 Å². The molecule has 1 saturated carbocycles. The lowest BCUT2D eigenvalue weighted by molar-refractivity contribution is -0.140. The maximum atomic E-state index is 13.4. The Bertz CT molecular complexity index is 946. The Kier molecular flexibility index (Phi) is 5.09. The van der Waals surface area contributed by atoms with Gasteiger partial charge in [0.1, 0.15) is 5.82 Å². The van der Waals surface area contributed by atoms with Crippen LogP contribution >= 0.6 is 0 Å². The van der Waals surface area contributed by atoms with Gasteiger partial charge in [0, 0.05) is 23.9 Å². The summed E-state index contributed by atoms with van der Waals surface area (Å²) < 4.78 is 15.2. The van der Waals surface area contributed by atoms with E-state index in [0.717, 1.165) is 49.2 Å². The Labute approximate surface area is 172 Å². The SMILES string of the molecule is CCC(C)N(CC)C(=O)[C@H]1CCC2=Cc3c(cnn3-c3ccc(F)cc3)C[C@@]21C. The van der Waals surface area contributed by atoms with E-state index in [9.17, 15) is 9.18 Å². The van der Waals surface area contributed by atoms with Crippen LogP contribution < -0.4 is 0 Å². The molecule has 1 aromatic carbocycles. The zero-order valence-corrected chi connectivity index (χ0v) is 17.8. The highest BCUT2D eigenvalue weighted by molar-refractivity contribution is 5.82. The molecule has 0 saturated heterocycles. The molecule has 2 aliphatic rings. The Morgan fingerprint density at radius 3 is 2.72 bits per heavy atom. The van der Waals surface area contributed by atoms with Crippen LogP contribution in [0.5, 0.6) is 0 Å². The van der Waals surface area contributed by atoms with E-state index in [1.807, 2.05) is 10.9 Å². The average molecular weight is 396 g/mol. The van der Waals surface area contributed by atoms with E-state index >= 15 is 0 Å². The first-order chi connectivity index (χ1) is 13.9. The monoisotopic (exact) mass is 395 g/mol. The van der Waals surface area contributed by atoms with Gasteiger partial charge in [0.25, 0.3) is 0 Å². The summed E-state index contributed by atoms with van der Waals surface area (Å²) in [5.41, 5.74) is 4.26. The molecule has 154 valence electrons. The molecule has 1 unspecified atom stereocenters. The van der Waals surface area contributed by atoms with E-state index < -0.39 is 0 Å². The van der Waals surface area contributed by atoms with Gasteiger partial charge in [0.05, 0.1) is 17.6 Å². The molecule has 1 fully saturated rings. The Morgan fingerprint density at radius 2 is 2.07 bits per heavy atom. The summed E-state index contributed by atoms with van der Waals surface area (Å²) in [7, 11) is 0. The fourth-order valence-corrected chi connectivity index (χ4v) is 5.13. The number of hydrogen-bond acceptors (Lipinski definition) is 2. The number of nitrogens with zero attached hydrogens (tertiary/aromatic N) is 3. The van der Waals surface area contributed by atoms with Gasteiger partial charge in [-0.3, -0.25) is 4.79 Å². The van der Waals surface area contributed by atoms with Crippen LogP contribution in [0.4, 0.5) is 4.39 Å². The lowest BCUT2D eigenvalue weighted by Gasteiger charge is -2.39. The Hall–Kier alpha value is -2.43. The molecule has 2 aromatic rings. The van der Waals surface area contributed by atoms with Crippen LogP contribution in [0.25, 0.3) is 11.8 Å². The van der Waals surface area contributed by atoms with E-state index in [-0.39, 0.29) is 23.2 Å². The minimum atomic E-state index is -0.250. The van der Waals surface area contributed by atoms with Gasteiger partial charge in [0.2, 0.25) is 5.91 Å². The molecule has 0 bridgehead atoms. The van der Waals surface area contributed by atoms with Gasteiger partial charge in [-0.05, 0) is 75.4 Å². The molecule has 4 rings (SSSR count). The van der Waals surface area contributed by atoms with Crippen molar-refractivity contribution < 1.29 is 9.18 Å². The first-order valence-corrected chi connectivity index (χ1v) is 10.7. The summed E-state index contributed by atoms with van der Waals surface area (Å²) in [5.74, 6) is 0.0618. The highest BCUT2D eigenvalue weighted by Crippen LogP contribution is 2.53. The van der Waals surface area contributed by atoms with Gasteiger partial charge in [-0.2, -0.15) is 5.10 Å². The predicted molar refractivity (Wildman–Crippen MR) is 113 cm³/mol. The zero-order chi connectivity index (χ0) is 20.8. The number of carbonyl (C=O) groups excluding carboxylic acids is 1. The topological polar surface area (TPSA) is 38.1 Å². The van der Waals surface area contributed by atoms with Crippen LogP contribution in [-0.4, -0.2) is 33.2 Å². The predicted octanol–water partition coefficient (Wildman–Crippen LogP) is 5.01. The molecule has 1 amide bonds. The van der Waals surface area contributed by atoms with Crippen LogP contribution in [0, 0.1) is 17.2 Å². The summed E-state index contributed by atoms with van der Waals surface area (Å²) in [4.78, 5) is 15.5. The molecule has 0 radical (unpaired) electrons. The van der Waals surface area contributed by atoms with Crippen molar-refractivity contribution in [3.63, 3.8) is 0 Å². The van der Waals surface area contributed by atoms with Gasteiger partial charge < -0.3 is 4.90 Å². The Morgan fingerprint density at radius 1 is 1.34 bits per heavy atom. The number of hydrogen-bond donors (Lipinski definition) is 0. The maximum Gasteiger partial charge on any atom is 0.226 e. The molecule has 5 heteroatoms. The molecule has 29 heavy (non-hydrogen) atoms. The van der Waals surface area contributed by atoms with Crippen molar-refractivity contribution in [2.75, 3.05) is 6.54 Å². The van der Waals surface area contributed by atoms with Crippen LogP contribution in [0.15, 0.2) is 36.0 Å². The molecule has 1 heterocycles. The van der Waals surface area contributed by atoms with Gasteiger partial charge in [-0.15, -0.1) is 0 Å². The quantitative estimate of drug-likeness (QED) is 0.713. The molecule has 2 aliphatic carbocycles. The molecule has 0 spiro atoms. The second-order valence-corrected chi connectivity index (χ2v) is 8.68. The number of fused-ring (bicyclic) bond motifs is 2. The van der Waals surface area contributed by atoms with Gasteiger partial charge in [-0.1, -0.05) is 19.4 Å². The Balaban J connectivity index is 1.66. The number of aromatic nitrogens is 2. The van der Waals surface area contributed by atoms with Gasteiger partial charge in [0.15, 0.2) is 0 Å². The van der Waals surface area contributed by atoms with Crippen molar-refractivity contribution in [2.24, 2.45) is 11.3 Å². The van der Waals surface area contributed by atoms with Crippen molar-refractivity contribution in [1.29, 1.82) is 0 Å². The van der Waals surface area contributed by atoms with Crippen LogP contribution in [0.2, 0.25) is 0 Å². The van der Waals surface area contributed by atoms with Gasteiger partial charge >= 0.3 is 0 Å². The molecule has 0 aliphatic heterocycles. The fraction of sp³-hybridized carbons (Fsp3) is 0.500. The lowest BCUT2D eigenvalue weighted by atomic mass is 9.69. The second kappa shape index (κ2) is 7.43. The number of allylic oxidation sites excluding steroid dienone is 1. The molecule has 4 nitrogen and oxygen atoms in total. The fourth-order valence-electron chi connectivity index (χ4n) is 5.13. The standard InChI is InChI=1S/C24H30FN3O/c1-5-16(3)27(6-2)23(29)21-12-7-18-13-22-17(14-24(18,21)4)15-26-28(22)20-10-8-19(25)9-11-20/h8-11,13,15-16,21H,5-7,12,14H2,1-4H3/t16?,21-,24+/m1/s1. The third kappa shape index (κ3) is 3.21. The van der Waals surface area contributed by atoms with Gasteiger partial charge in [-0.25, -0.2) is 9.07 Å². The van der Waals surface area contributed by atoms with Crippen molar-refractivity contribution in [3.8, 4) is 5.69 Å². The summed E-state index contributed by atoms with van der Waals surface area (Å²) in [6.07, 6.45) is 7.77. The lowest BCUT2D eigenvalue weighted by Crippen LogP contribution is -2.46. The number of benzene rings is 1. The zero-order valence-electron chi connectivity index (χ0n) is 17.8. The highest BCUT2D eigenvalue weighted by atomic mass is 19.1. The number of carbonyl (C=O) groups is 1. The number of rotatable bonds is 5. The van der Waals surface area contributed by atoms with Crippen LogP contribution in [-0.2, 0) is 11.2 Å². The van der Waals surface area contributed by atoms with Crippen LogP contribution in [0.1, 0.15) is 58.2 Å². The molecular weight excluding hydrogens is 365 g/mol. The van der Waals surface area contributed by atoms with E-state index in [2.05, 4.69) is 43.8 Å². The summed E-state index contributed by atoms with van der Waals surface area (Å²) >= 11 is 0. The van der Waals surface area contributed by atoms with Crippen molar-refractivity contribution in [1.82, 2.24) is 14.7 Å². The molecule has 0 N–H and O–H groups in total. The third-order valence-electron chi connectivity index (χ3n) is 7.08. The minimum absolute atomic E-state index is 0.0185. The van der Waals surface area contributed by atoms with Crippen molar-refractivity contribution in [3.05, 3.63) is 53.1 Å². The first kappa shape index (κ1) is 19.9. The molecule has 3 atom stereocenters. The second-order valence-electron chi connectivity index (χ2n) is 8.68. The van der Waals surface area contributed by atoms with E-state index in [1.54, 1.807) is 12.1 Å². The molecular formula is C24H30FN3O. The minimum Gasteiger partial charge on any atom is -0.340 e. The summed E-state index contributed by atoms with van der Waals surface area (Å²) in [5, 5.41) is 4.57. The average Bonchev–Trinajstić information content (AvgIpc) is 3.26. The summed E-state index contributed by atoms with van der Waals surface area (Å²) in [6.45, 7) is 9.36. The van der Waals surface area contributed by atoms with Crippen molar-refractivity contribution in [2.45, 2.75) is 59.4 Å². The normalized spacial score (nSPS) is 23.9. The highest BCUT2D eigenvalue weighted by Gasteiger charge is 2.50. The van der Waals surface area contributed by atoms with E-state index in [4.69, 9.17) is 0 Å². The molecule has 1 aromatic heterocycles. The number of amides is 1.